The molecule has 1 aromatic rings. The highest BCUT2D eigenvalue weighted by Crippen LogP contribution is 2.19. The van der Waals surface area contributed by atoms with E-state index in [1.165, 1.54) is 11.0 Å². The minimum Gasteiger partial charge on any atom is -0.394 e. The van der Waals surface area contributed by atoms with Gasteiger partial charge in [0.05, 0.1) is 25.4 Å². The number of aliphatic hydroxyl groups excluding tert-OH is 1. The fourth-order valence-corrected chi connectivity index (χ4v) is 2.06. The van der Waals surface area contributed by atoms with Crippen molar-refractivity contribution in [1.82, 2.24) is 4.90 Å². The molecule has 1 fully saturated rings. The third kappa shape index (κ3) is 2.74. The first-order valence-electron chi connectivity index (χ1n) is 6.02. The number of amides is 1. The standard InChI is InChI=1S/C13H15F2NO3/c1-8-7-19-9(6-17)5-16(8)13(18)12-10(14)3-2-4-11(12)15/h2-4,8-9,17H,5-7H2,1H3. The molecule has 0 saturated carbocycles. The molecule has 2 rings (SSSR count). The molecule has 1 heterocycles. The molecule has 19 heavy (non-hydrogen) atoms. The maximum atomic E-state index is 13.6. The number of morpholine rings is 1. The first-order valence-corrected chi connectivity index (χ1v) is 6.02. The number of halogens is 2. The number of benzene rings is 1. The topological polar surface area (TPSA) is 49.8 Å². The second-order valence-corrected chi connectivity index (χ2v) is 4.54. The number of rotatable bonds is 2. The van der Waals surface area contributed by atoms with Crippen LogP contribution in [-0.2, 0) is 4.74 Å². The summed E-state index contributed by atoms with van der Waals surface area (Å²) in [5, 5.41) is 9.05. The van der Waals surface area contributed by atoms with Gasteiger partial charge in [0.1, 0.15) is 17.2 Å². The van der Waals surface area contributed by atoms with E-state index in [0.717, 1.165) is 12.1 Å². The van der Waals surface area contributed by atoms with E-state index in [9.17, 15) is 13.6 Å². The van der Waals surface area contributed by atoms with Gasteiger partial charge in [0, 0.05) is 6.54 Å². The first-order chi connectivity index (χ1) is 9.04. The molecule has 1 N–H and O–H groups in total. The van der Waals surface area contributed by atoms with Gasteiger partial charge in [-0.3, -0.25) is 4.79 Å². The minimum absolute atomic E-state index is 0.115. The molecule has 1 aromatic carbocycles. The van der Waals surface area contributed by atoms with Gasteiger partial charge in [0.15, 0.2) is 0 Å². The normalized spacial score (nSPS) is 23.5. The highest BCUT2D eigenvalue weighted by Gasteiger charge is 2.32. The summed E-state index contributed by atoms with van der Waals surface area (Å²) in [6.07, 6.45) is -0.519. The molecule has 104 valence electrons. The van der Waals surface area contributed by atoms with E-state index in [2.05, 4.69) is 0 Å². The minimum atomic E-state index is -0.885. The molecule has 1 aliphatic rings. The zero-order valence-corrected chi connectivity index (χ0v) is 10.5. The first kappa shape index (κ1) is 13.9. The lowest BCUT2D eigenvalue weighted by atomic mass is 10.1. The fraction of sp³-hybridized carbons (Fsp3) is 0.462. The zero-order chi connectivity index (χ0) is 14.0. The van der Waals surface area contributed by atoms with E-state index in [0.29, 0.717) is 0 Å². The third-order valence-electron chi connectivity index (χ3n) is 3.15. The molecular weight excluding hydrogens is 256 g/mol. The van der Waals surface area contributed by atoms with Gasteiger partial charge in [-0.2, -0.15) is 0 Å². The number of carbonyl (C=O) groups excluding carboxylic acids is 1. The van der Waals surface area contributed by atoms with Gasteiger partial charge < -0.3 is 14.7 Å². The molecule has 0 aliphatic carbocycles. The van der Waals surface area contributed by atoms with Crippen LogP contribution in [0.15, 0.2) is 18.2 Å². The molecule has 4 nitrogen and oxygen atoms in total. The van der Waals surface area contributed by atoms with Crippen LogP contribution in [0.3, 0.4) is 0 Å². The third-order valence-corrected chi connectivity index (χ3v) is 3.15. The molecule has 1 amide bonds. The van der Waals surface area contributed by atoms with Gasteiger partial charge >= 0.3 is 0 Å². The average Bonchev–Trinajstić information content (AvgIpc) is 2.39. The Morgan fingerprint density at radius 1 is 1.47 bits per heavy atom. The van der Waals surface area contributed by atoms with Crippen LogP contribution in [0.1, 0.15) is 17.3 Å². The van der Waals surface area contributed by atoms with Gasteiger partial charge in [-0.1, -0.05) is 6.07 Å². The van der Waals surface area contributed by atoms with Crippen molar-refractivity contribution in [2.24, 2.45) is 0 Å². The van der Waals surface area contributed by atoms with E-state index >= 15 is 0 Å². The molecular formula is C13H15F2NO3. The lowest BCUT2D eigenvalue weighted by Gasteiger charge is -2.37. The summed E-state index contributed by atoms with van der Waals surface area (Å²) in [5.74, 6) is -2.49. The van der Waals surface area contributed by atoms with E-state index in [4.69, 9.17) is 9.84 Å². The predicted molar refractivity (Wildman–Crippen MR) is 63.7 cm³/mol. The molecule has 0 spiro atoms. The predicted octanol–water partition coefficient (Wildman–Crippen LogP) is 1.19. The summed E-state index contributed by atoms with van der Waals surface area (Å²) in [6.45, 7) is 1.83. The quantitative estimate of drug-likeness (QED) is 0.879. The van der Waals surface area contributed by atoms with Crippen LogP contribution in [0, 0.1) is 11.6 Å². The van der Waals surface area contributed by atoms with Crippen molar-refractivity contribution in [3.05, 3.63) is 35.4 Å². The van der Waals surface area contributed by atoms with E-state index < -0.39 is 29.2 Å². The summed E-state index contributed by atoms with van der Waals surface area (Å²) in [4.78, 5) is 13.5. The smallest absolute Gasteiger partial charge is 0.260 e. The zero-order valence-electron chi connectivity index (χ0n) is 10.5. The van der Waals surface area contributed by atoms with E-state index in [-0.39, 0.29) is 25.8 Å². The maximum Gasteiger partial charge on any atom is 0.260 e. The molecule has 1 saturated heterocycles. The van der Waals surface area contributed by atoms with Crippen LogP contribution >= 0.6 is 0 Å². The Bertz CT molecular complexity index is 461. The molecule has 0 radical (unpaired) electrons. The van der Waals surface area contributed by atoms with Crippen molar-refractivity contribution in [2.75, 3.05) is 19.8 Å². The Morgan fingerprint density at radius 3 is 2.68 bits per heavy atom. The van der Waals surface area contributed by atoms with Crippen molar-refractivity contribution >= 4 is 5.91 Å². The fourth-order valence-electron chi connectivity index (χ4n) is 2.06. The lowest BCUT2D eigenvalue weighted by molar-refractivity contribution is -0.0669. The summed E-state index contributed by atoms with van der Waals surface area (Å²) in [7, 11) is 0. The number of aliphatic hydroxyl groups is 1. The lowest BCUT2D eigenvalue weighted by Crippen LogP contribution is -2.52. The Morgan fingerprint density at radius 2 is 2.11 bits per heavy atom. The van der Waals surface area contributed by atoms with Gasteiger partial charge in [0.2, 0.25) is 0 Å². The Kier molecular flexibility index (Phi) is 4.11. The largest absolute Gasteiger partial charge is 0.394 e. The summed E-state index contributed by atoms with van der Waals surface area (Å²) >= 11 is 0. The van der Waals surface area contributed by atoms with Gasteiger partial charge in [0.25, 0.3) is 5.91 Å². The molecule has 0 bridgehead atoms. The summed E-state index contributed by atoms with van der Waals surface area (Å²) < 4.78 is 32.5. The van der Waals surface area contributed by atoms with Crippen LogP contribution in [0.5, 0.6) is 0 Å². The van der Waals surface area contributed by atoms with Crippen molar-refractivity contribution in [1.29, 1.82) is 0 Å². The SMILES string of the molecule is CC1COC(CO)CN1C(=O)c1c(F)cccc1F. The highest BCUT2D eigenvalue weighted by atomic mass is 19.1. The van der Waals surface area contributed by atoms with Gasteiger partial charge in [-0.15, -0.1) is 0 Å². The molecule has 6 heteroatoms. The Labute approximate surface area is 109 Å². The Balaban J connectivity index is 2.27. The number of hydrogen-bond donors (Lipinski definition) is 1. The number of nitrogens with zero attached hydrogens (tertiary/aromatic N) is 1. The average molecular weight is 271 g/mol. The number of ether oxygens (including phenoxy) is 1. The van der Waals surface area contributed by atoms with Crippen molar-refractivity contribution in [3.63, 3.8) is 0 Å². The van der Waals surface area contributed by atoms with Crippen LogP contribution in [0.4, 0.5) is 8.78 Å². The van der Waals surface area contributed by atoms with Gasteiger partial charge in [-0.05, 0) is 19.1 Å². The maximum absolute atomic E-state index is 13.6. The molecule has 0 aromatic heterocycles. The second-order valence-electron chi connectivity index (χ2n) is 4.54. The second kappa shape index (κ2) is 5.63. The highest BCUT2D eigenvalue weighted by molar-refractivity contribution is 5.95. The van der Waals surface area contributed by atoms with Crippen molar-refractivity contribution in [3.8, 4) is 0 Å². The van der Waals surface area contributed by atoms with Crippen LogP contribution in [0.2, 0.25) is 0 Å². The van der Waals surface area contributed by atoms with E-state index in [1.54, 1.807) is 6.92 Å². The monoisotopic (exact) mass is 271 g/mol. The summed E-state index contributed by atoms with van der Waals surface area (Å²) in [5.41, 5.74) is -0.562. The van der Waals surface area contributed by atoms with Crippen molar-refractivity contribution < 1.29 is 23.4 Å². The molecule has 1 aliphatic heterocycles. The number of carbonyl (C=O) groups is 1. The molecule has 2 unspecified atom stereocenters. The van der Waals surface area contributed by atoms with Crippen LogP contribution in [-0.4, -0.2) is 47.8 Å². The molecule has 2 atom stereocenters. The van der Waals surface area contributed by atoms with E-state index in [1.807, 2.05) is 0 Å². The summed E-state index contributed by atoms with van der Waals surface area (Å²) in [6, 6.07) is 3.01. The van der Waals surface area contributed by atoms with Crippen molar-refractivity contribution in [2.45, 2.75) is 19.1 Å². The Hall–Kier alpha value is -1.53. The number of hydrogen-bond acceptors (Lipinski definition) is 3. The van der Waals surface area contributed by atoms with Crippen LogP contribution < -0.4 is 0 Å². The van der Waals surface area contributed by atoms with Crippen LogP contribution in [0.25, 0.3) is 0 Å². The van der Waals surface area contributed by atoms with Gasteiger partial charge in [-0.25, -0.2) is 8.78 Å².